The van der Waals surface area contributed by atoms with Gasteiger partial charge in [0.2, 0.25) is 0 Å². The maximum Gasteiger partial charge on any atom is 0.148 e. The molecule has 0 saturated carbocycles. The van der Waals surface area contributed by atoms with Crippen molar-refractivity contribution in [2.45, 2.75) is 6.54 Å². The van der Waals surface area contributed by atoms with E-state index in [2.05, 4.69) is 16.2 Å². The van der Waals surface area contributed by atoms with Gasteiger partial charge in [0, 0.05) is 24.0 Å². The highest BCUT2D eigenvalue weighted by Gasteiger charge is 2.02. The van der Waals surface area contributed by atoms with Gasteiger partial charge in [-0.3, -0.25) is 0 Å². The first-order chi connectivity index (χ1) is 9.29. The fraction of sp³-hybridized carbons (Fsp3) is 0.133. The van der Waals surface area contributed by atoms with E-state index in [0.717, 1.165) is 17.0 Å². The van der Waals surface area contributed by atoms with Gasteiger partial charge in [-0.15, -0.1) is 6.42 Å². The molecule has 0 unspecified atom stereocenters. The molecule has 0 radical (unpaired) electrons. The summed E-state index contributed by atoms with van der Waals surface area (Å²) in [5, 5.41) is 3.72. The molecule has 4 heteroatoms. The van der Waals surface area contributed by atoms with Crippen LogP contribution in [0.25, 0.3) is 0 Å². The highest BCUT2D eigenvalue weighted by Crippen LogP contribution is 2.20. The molecule has 0 spiro atoms. The Labute approximate surface area is 117 Å². The lowest BCUT2D eigenvalue weighted by atomic mass is 10.2. The summed E-state index contributed by atoms with van der Waals surface area (Å²) in [4.78, 5) is 3.93. The van der Waals surface area contributed by atoms with E-state index in [1.165, 1.54) is 0 Å². The third-order valence-corrected chi connectivity index (χ3v) is 2.70. The number of nitrogens with one attached hydrogen (secondary N) is 1. The molecule has 0 aliphatic rings. The average molecular weight is 273 g/mol. The van der Waals surface area contributed by atoms with Crippen LogP contribution in [0.15, 0.2) is 42.6 Å². The minimum absolute atomic E-state index is 0.262. The van der Waals surface area contributed by atoms with E-state index in [-0.39, 0.29) is 6.61 Å². The second-order valence-electron chi connectivity index (χ2n) is 3.82. The number of rotatable bonds is 5. The molecule has 1 aromatic carbocycles. The number of anilines is 1. The van der Waals surface area contributed by atoms with E-state index >= 15 is 0 Å². The van der Waals surface area contributed by atoms with Crippen molar-refractivity contribution in [1.82, 2.24) is 4.98 Å². The predicted molar refractivity (Wildman–Crippen MR) is 77.3 cm³/mol. The van der Waals surface area contributed by atoms with Gasteiger partial charge in [-0.1, -0.05) is 35.7 Å². The molecule has 0 saturated heterocycles. The molecule has 2 aromatic rings. The summed E-state index contributed by atoms with van der Waals surface area (Å²) in [5.74, 6) is 3.24. The average Bonchev–Trinajstić information content (AvgIpc) is 2.44. The molecule has 0 fully saturated rings. The summed E-state index contributed by atoms with van der Waals surface area (Å²) in [6.07, 6.45) is 6.85. The van der Waals surface area contributed by atoms with E-state index in [4.69, 9.17) is 22.8 Å². The molecule has 0 amide bonds. The smallest absolute Gasteiger partial charge is 0.148 e. The summed E-state index contributed by atoms with van der Waals surface area (Å²) in [5.41, 5.74) is 1.94. The lowest BCUT2D eigenvalue weighted by Crippen LogP contribution is -2.03. The lowest BCUT2D eigenvalue weighted by Gasteiger charge is -2.11. The van der Waals surface area contributed by atoms with Crippen molar-refractivity contribution in [3.63, 3.8) is 0 Å². The van der Waals surface area contributed by atoms with Gasteiger partial charge >= 0.3 is 0 Å². The summed E-state index contributed by atoms with van der Waals surface area (Å²) in [7, 11) is 0. The Hall–Kier alpha value is -2.18. The van der Waals surface area contributed by atoms with Crippen LogP contribution >= 0.6 is 11.6 Å². The summed E-state index contributed by atoms with van der Waals surface area (Å²) >= 11 is 5.83. The van der Waals surface area contributed by atoms with Gasteiger partial charge in [0.15, 0.2) is 0 Å². The van der Waals surface area contributed by atoms with Crippen molar-refractivity contribution in [2.24, 2.45) is 0 Å². The number of hydrogen-bond donors (Lipinski definition) is 1. The first-order valence-corrected chi connectivity index (χ1v) is 6.17. The number of pyridine rings is 1. The van der Waals surface area contributed by atoms with Crippen LogP contribution in [0, 0.1) is 12.3 Å². The van der Waals surface area contributed by atoms with Gasteiger partial charge in [-0.05, 0) is 18.2 Å². The largest absolute Gasteiger partial charge is 0.481 e. The molecule has 3 nitrogen and oxygen atoms in total. The van der Waals surface area contributed by atoms with Crippen molar-refractivity contribution in [3.05, 3.63) is 53.3 Å². The fourth-order valence-electron chi connectivity index (χ4n) is 1.62. The van der Waals surface area contributed by atoms with E-state index in [0.29, 0.717) is 11.7 Å². The monoisotopic (exact) mass is 272 g/mol. The molecule has 0 aliphatic carbocycles. The molecule has 0 atom stereocenters. The third kappa shape index (κ3) is 3.90. The second kappa shape index (κ2) is 6.67. The minimum Gasteiger partial charge on any atom is -0.481 e. The summed E-state index contributed by atoms with van der Waals surface area (Å²) in [6, 6.07) is 11.4. The molecule has 19 heavy (non-hydrogen) atoms. The van der Waals surface area contributed by atoms with Crippen molar-refractivity contribution < 1.29 is 4.74 Å². The number of para-hydroxylation sites is 1. The molecule has 0 aliphatic heterocycles. The van der Waals surface area contributed by atoms with Crippen molar-refractivity contribution in [3.8, 4) is 18.1 Å². The van der Waals surface area contributed by atoms with Crippen molar-refractivity contribution >= 4 is 17.3 Å². The van der Waals surface area contributed by atoms with Gasteiger partial charge in [0.25, 0.3) is 0 Å². The van der Waals surface area contributed by atoms with Crippen LogP contribution in [-0.4, -0.2) is 11.6 Å². The van der Waals surface area contributed by atoms with Crippen LogP contribution in [0.4, 0.5) is 5.69 Å². The fourth-order valence-corrected chi connectivity index (χ4v) is 1.79. The molecule has 1 aromatic heterocycles. The van der Waals surface area contributed by atoms with E-state index in [9.17, 15) is 0 Å². The maximum atomic E-state index is 5.83. The molecule has 96 valence electrons. The van der Waals surface area contributed by atoms with Gasteiger partial charge in [-0.25, -0.2) is 4.98 Å². The Balaban J connectivity index is 2.05. The Morgan fingerprint density at radius 2 is 2.16 bits per heavy atom. The molecular weight excluding hydrogens is 260 g/mol. The normalized spacial score (nSPS) is 9.68. The molecule has 0 bridgehead atoms. The zero-order valence-electron chi connectivity index (χ0n) is 10.3. The lowest BCUT2D eigenvalue weighted by molar-refractivity contribution is 0.366. The number of hydrogen-bond acceptors (Lipinski definition) is 3. The van der Waals surface area contributed by atoms with Crippen molar-refractivity contribution in [1.29, 1.82) is 0 Å². The van der Waals surface area contributed by atoms with Gasteiger partial charge in [-0.2, -0.15) is 0 Å². The number of ether oxygens (including phenoxy) is 1. The zero-order chi connectivity index (χ0) is 13.5. The van der Waals surface area contributed by atoms with Crippen LogP contribution in [0.5, 0.6) is 5.75 Å². The number of aromatic nitrogens is 1. The van der Waals surface area contributed by atoms with Crippen LogP contribution in [0.1, 0.15) is 5.56 Å². The van der Waals surface area contributed by atoms with Crippen LogP contribution in [0.2, 0.25) is 5.15 Å². The number of benzene rings is 1. The maximum absolute atomic E-state index is 5.83. The second-order valence-corrected chi connectivity index (χ2v) is 4.21. The molecule has 2 rings (SSSR count). The molecule has 1 heterocycles. The summed E-state index contributed by atoms with van der Waals surface area (Å²) < 4.78 is 5.48. The number of nitrogens with zero attached hydrogens (tertiary/aromatic N) is 1. The van der Waals surface area contributed by atoms with Gasteiger partial charge < -0.3 is 10.1 Å². The zero-order valence-corrected chi connectivity index (χ0v) is 11.0. The summed E-state index contributed by atoms with van der Waals surface area (Å²) in [6.45, 7) is 0.888. The highest BCUT2D eigenvalue weighted by molar-refractivity contribution is 6.29. The topological polar surface area (TPSA) is 34.1 Å². The SMILES string of the molecule is C#CCOc1ccccc1CNc1ccnc(Cl)c1. The third-order valence-electron chi connectivity index (χ3n) is 2.49. The molecule has 1 N–H and O–H groups in total. The van der Waals surface area contributed by atoms with E-state index in [1.807, 2.05) is 30.3 Å². The highest BCUT2D eigenvalue weighted by atomic mass is 35.5. The molecular formula is C15H13ClN2O. The Bertz CT molecular complexity index is 593. The van der Waals surface area contributed by atoms with Crippen LogP contribution < -0.4 is 10.1 Å². The quantitative estimate of drug-likeness (QED) is 0.669. The van der Waals surface area contributed by atoms with Crippen LogP contribution in [-0.2, 0) is 6.54 Å². The number of halogens is 1. The standard InChI is InChI=1S/C15H13ClN2O/c1-2-9-19-14-6-4-3-5-12(14)11-18-13-7-8-17-15(16)10-13/h1,3-8,10H,9,11H2,(H,17,18). The van der Waals surface area contributed by atoms with E-state index in [1.54, 1.807) is 12.3 Å². The minimum atomic E-state index is 0.262. The van der Waals surface area contributed by atoms with Crippen LogP contribution in [0.3, 0.4) is 0 Å². The first-order valence-electron chi connectivity index (χ1n) is 5.79. The Kier molecular flexibility index (Phi) is 4.66. The number of terminal acetylenes is 1. The van der Waals surface area contributed by atoms with Crippen molar-refractivity contribution in [2.75, 3.05) is 11.9 Å². The van der Waals surface area contributed by atoms with Gasteiger partial charge in [0.05, 0.1) is 0 Å². The first kappa shape index (κ1) is 13.3. The Morgan fingerprint density at radius 3 is 2.95 bits per heavy atom. The predicted octanol–water partition coefficient (Wildman–Crippen LogP) is 3.36. The van der Waals surface area contributed by atoms with Gasteiger partial charge in [0.1, 0.15) is 17.5 Å². The van der Waals surface area contributed by atoms with E-state index < -0.39 is 0 Å². The Morgan fingerprint density at radius 1 is 1.32 bits per heavy atom.